The zero-order chi connectivity index (χ0) is 19.9. The summed E-state index contributed by atoms with van der Waals surface area (Å²) in [5, 5.41) is 6.47. The number of nitrogens with zero attached hydrogens (tertiary/aromatic N) is 2. The maximum atomic E-state index is 12.4. The third-order valence-electron chi connectivity index (χ3n) is 3.78. The minimum absolute atomic E-state index is 0.366. The second-order valence-electron chi connectivity index (χ2n) is 5.96. The molecule has 0 bridgehead atoms. The summed E-state index contributed by atoms with van der Waals surface area (Å²) < 4.78 is 10.3. The van der Waals surface area contributed by atoms with Crippen LogP contribution in [0.3, 0.4) is 0 Å². The van der Waals surface area contributed by atoms with Crippen molar-refractivity contribution < 1.29 is 18.8 Å². The number of aromatic nitrogens is 2. The van der Waals surface area contributed by atoms with Gasteiger partial charge in [-0.15, -0.1) is 11.8 Å². The van der Waals surface area contributed by atoms with Crippen molar-refractivity contribution in [1.29, 1.82) is 0 Å². The monoisotopic (exact) mass is 397 g/mol. The number of hydrogen-bond donors (Lipinski definition) is 1. The van der Waals surface area contributed by atoms with Gasteiger partial charge in [0.1, 0.15) is 0 Å². The van der Waals surface area contributed by atoms with E-state index in [1.54, 1.807) is 31.2 Å². The van der Waals surface area contributed by atoms with Gasteiger partial charge in [-0.3, -0.25) is 4.79 Å². The molecule has 0 aliphatic rings. The largest absolute Gasteiger partial charge is 0.452 e. The highest BCUT2D eigenvalue weighted by molar-refractivity contribution is 7.98. The third kappa shape index (κ3) is 5.20. The van der Waals surface area contributed by atoms with Gasteiger partial charge in [-0.1, -0.05) is 35.5 Å². The number of amides is 1. The number of para-hydroxylation sites is 1. The van der Waals surface area contributed by atoms with Gasteiger partial charge in [0, 0.05) is 10.6 Å². The summed E-state index contributed by atoms with van der Waals surface area (Å²) >= 11 is 1.38. The molecule has 0 unspecified atom stereocenters. The van der Waals surface area contributed by atoms with Crippen LogP contribution < -0.4 is 5.32 Å². The third-order valence-corrected chi connectivity index (χ3v) is 4.84. The van der Waals surface area contributed by atoms with Crippen molar-refractivity contribution in [2.75, 3.05) is 11.9 Å². The molecular formula is C20H19N3O4S. The minimum atomic E-state index is -0.565. The number of rotatable bonds is 7. The molecule has 0 aliphatic heterocycles. The van der Waals surface area contributed by atoms with Crippen LogP contribution in [-0.2, 0) is 15.3 Å². The smallest absolute Gasteiger partial charge is 0.339 e. The first kappa shape index (κ1) is 19.6. The topological polar surface area (TPSA) is 94.3 Å². The lowest BCUT2D eigenvalue weighted by molar-refractivity contribution is -0.119. The lowest BCUT2D eigenvalue weighted by Gasteiger charge is -2.10. The lowest BCUT2D eigenvalue weighted by Crippen LogP contribution is -2.21. The van der Waals surface area contributed by atoms with Crippen LogP contribution >= 0.6 is 11.8 Å². The van der Waals surface area contributed by atoms with Gasteiger partial charge in [-0.25, -0.2) is 4.79 Å². The number of carbonyl (C=O) groups is 2. The Morgan fingerprint density at radius 3 is 2.61 bits per heavy atom. The fourth-order valence-electron chi connectivity index (χ4n) is 2.41. The van der Waals surface area contributed by atoms with Crippen LogP contribution in [0.1, 0.15) is 27.6 Å². The Hall–Kier alpha value is -3.13. The predicted octanol–water partition coefficient (Wildman–Crippen LogP) is 3.77. The Kier molecular flexibility index (Phi) is 6.44. The van der Waals surface area contributed by atoms with Crippen molar-refractivity contribution in [3.8, 4) is 0 Å². The highest BCUT2D eigenvalue weighted by atomic mass is 32.2. The van der Waals surface area contributed by atoms with Crippen LogP contribution in [0, 0.1) is 13.8 Å². The molecule has 0 atom stereocenters. The molecule has 1 heterocycles. The molecule has 0 saturated heterocycles. The van der Waals surface area contributed by atoms with Gasteiger partial charge in [-0.05, 0) is 37.6 Å². The minimum Gasteiger partial charge on any atom is -0.452 e. The number of aryl methyl sites for hydroxylation is 2. The van der Waals surface area contributed by atoms with Gasteiger partial charge in [0.25, 0.3) is 5.91 Å². The highest BCUT2D eigenvalue weighted by Crippen LogP contribution is 2.26. The van der Waals surface area contributed by atoms with Crippen LogP contribution in [0.15, 0.2) is 57.9 Å². The molecular weight excluding hydrogens is 378 g/mol. The molecule has 0 saturated carbocycles. The molecule has 28 heavy (non-hydrogen) atoms. The van der Waals surface area contributed by atoms with Crippen LogP contribution in [-0.4, -0.2) is 28.6 Å². The molecule has 8 heteroatoms. The normalized spacial score (nSPS) is 10.5. The summed E-state index contributed by atoms with van der Waals surface area (Å²) in [5.41, 5.74) is 2.00. The Bertz CT molecular complexity index is 987. The van der Waals surface area contributed by atoms with Crippen molar-refractivity contribution in [2.24, 2.45) is 0 Å². The summed E-state index contributed by atoms with van der Waals surface area (Å²) in [7, 11) is 0. The van der Waals surface area contributed by atoms with Crippen LogP contribution in [0.5, 0.6) is 0 Å². The zero-order valence-electron chi connectivity index (χ0n) is 15.5. The Balaban J connectivity index is 1.58. The van der Waals surface area contributed by atoms with Crippen molar-refractivity contribution in [3.63, 3.8) is 0 Å². The number of anilines is 1. The number of thioether (sulfide) groups is 1. The van der Waals surface area contributed by atoms with Gasteiger partial charge in [0.2, 0.25) is 5.89 Å². The number of hydrogen-bond acceptors (Lipinski definition) is 7. The number of nitrogens with one attached hydrogen (secondary N) is 1. The Labute approximate surface area is 166 Å². The Morgan fingerprint density at radius 2 is 1.86 bits per heavy atom. The summed E-state index contributed by atoms with van der Waals surface area (Å²) in [5.74, 6) is 0.504. The van der Waals surface area contributed by atoms with E-state index in [2.05, 4.69) is 15.5 Å². The van der Waals surface area contributed by atoms with E-state index in [0.29, 0.717) is 33.6 Å². The van der Waals surface area contributed by atoms with E-state index in [4.69, 9.17) is 9.26 Å². The van der Waals surface area contributed by atoms with Crippen molar-refractivity contribution in [1.82, 2.24) is 10.1 Å². The second-order valence-corrected chi connectivity index (χ2v) is 6.98. The molecule has 3 rings (SSSR count). The van der Waals surface area contributed by atoms with Gasteiger partial charge >= 0.3 is 5.97 Å². The highest BCUT2D eigenvalue weighted by Gasteiger charge is 2.16. The van der Waals surface area contributed by atoms with E-state index < -0.39 is 11.9 Å². The number of benzene rings is 2. The average Bonchev–Trinajstić information content (AvgIpc) is 3.12. The first-order valence-electron chi connectivity index (χ1n) is 8.56. The summed E-state index contributed by atoms with van der Waals surface area (Å²) in [6.07, 6.45) is 0. The Morgan fingerprint density at radius 1 is 1.11 bits per heavy atom. The maximum Gasteiger partial charge on any atom is 0.339 e. The lowest BCUT2D eigenvalue weighted by atomic mass is 10.2. The maximum absolute atomic E-state index is 12.4. The molecule has 1 amide bonds. The van der Waals surface area contributed by atoms with Gasteiger partial charge in [-0.2, -0.15) is 4.98 Å². The predicted molar refractivity (Wildman–Crippen MR) is 105 cm³/mol. The summed E-state index contributed by atoms with van der Waals surface area (Å²) in [6.45, 7) is 3.26. The number of carbonyl (C=O) groups excluding carboxylic acids is 2. The van der Waals surface area contributed by atoms with Gasteiger partial charge in [0.05, 0.1) is 11.3 Å². The molecule has 0 aliphatic carbocycles. The quantitative estimate of drug-likeness (QED) is 0.479. The van der Waals surface area contributed by atoms with Crippen LogP contribution in [0.2, 0.25) is 0 Å². The summed E-state index contributed by atoms with van der Waals surface area (Å²) in [4.78, 5) is 29.4. The fraction of sp³-hybridized carbons (Fsp3) is 0.200. The van der Waals surface area contributed by atoms with Crippen LogP contribution in [0.25, 0.3) is 0 Å². The fourth-order valence-corrected chi connectivity index (χ4v) is 3.29. The van der Waals surface area contributed by atoms with Crippen molar-refractivity contribution >= 4 is 29.3 Å². The second kappa shape index (κ2) is 9.18. The first-order chi connectivity index (χ1) is 13.5. The van der Waals surface area contributed by atoms with Crippen LogP contribution in [0.4, 0.5) is 5.69 Å². The van der Waals surface area contributed by atoms with E-state index in [-0.39, 0.29) is 6.61 Å². The molecule has 1 aromatic heterocycles. The van der Waals surface area contributed by atoms with E-state index in [1.807, 2.05) is 31.2 Å². The summed E-state index contributed by atoms with van der Waals surface area (Å²) in [6, 6.07) is 14.4. The van der Waals surface area contributed by atoms with Gasteiger partial charge < -0.3 is 14.6 Å². The molecule has 7 nitrogen and oxygen atoms in total. The zero-order valence-corrected chi connectivity index (χ0v) is 16.3. The number of ether oxygens (including phenoxy) is 1. The van der Waals surface area contributed by atoms with Crippen molar-refractivity contribution in [2.45, 2.75) is 24.5 Å². The van der Waals surface area contributed by atoms with E-state index in [1.165, 1.54) is 11.8 Å². The molecule has 2 aromatic carbocycles. The SMILES string of the molecule is Cc1noc(CSc2ccccc2C(=O)OCC(=O)Nc2ccccc2C)n1. The number of esters is 1. The van der Waals surface area contributed by atoms with E-state index >= 15 is 0 Å². The van der Waals surface area contributed by atoms with E-state index in [0.717, 1.165) is 5.56 Å². The van der Waals surface area contributed by atoms with Gasteiger partial charge in [0.15, 0.2) is 12.4 Å². The van der Waals surface area contributed by atoms with Crippen molar-refractivity contribution in [3.05, 3.63) is 71.4 Å². The molecule has 0 fully saturated rings. The molecule has 1 N–H and O–H groups in total. The molecule has 0 spiro atoms. The average molecular weight is 397 g/mol. The molecule has 144 valence electrons. The molecule has 0 radical (unpaired) electrons. The standard InChI is InChI=1S/C20H19N3O4S/c1-13-7-3-5-9-16(13)22-18(24)11-26-20(25)15-8-4-6-10-17(15)28-12-19-21-14(2)23-27-19/h3-10H,11-12H2,1-2H3,(H,22,24). The first-order valence-corrected chi connectivity index (χ1v) is 9.55. The van der Waals surface area contributed by atoms with E-state index in [9.17, 15) is 9.59 Å². The molecule has 3 aromatic rings.